The van der Waals surface area contributed by atoms with Gasteiger partial charge in [0.25, 0.3) is 5.56 Å². The van der Waals surface area contributed by atoms with Gasteiger partial charge < -0.3 is 10.1 Å². The zero-order valence-electron chi connectivity index (χ0n) is 13.6. The molecule has 0 radical (unpaired) electrons. The zero-order chi connectivity index (χ0) is 17.1. The monoisotopic (exact) mass is 349 g/mol. The third-order valence-corrected chi connectivity index (χ3v) is 4.72. The summed E-state index contributed by atoms with van der Waals surface area (Å²) in [6.07, 6.45) is 1.69. The Morgan fingerprint density at radius 1 is 1.42 bits per heavy atom. The predicted molar refractivity (Wildman–Crippen MR) is 91.4 cm³/mol. The number of carbonyl (C=O) groups excluding carboxylic acids is 1. The van der Waals surface area contributed by atoms with Gasteiger partial charge in [-0.15, -0.1) is 21.5 Å². The standard InChI is InChI=1S/C15H19N5O3S/c1-19-14(22)13-10(6-9-24-13)20-11(17-18-15(19)20)4-3-5-12(21)16-7-8-23-2/h6,9H,3-5,7-8H2,1-2H3,(H,16,21). The molecule has 3 rings (SSSR count). The van der Waals surface area contributed by atoms with Crippen LogP contribution in [0.2, 0.25) is 0 Å². The summed E-state index contributed by atoms with van der Waals surface area (Å²) >= 11 is 1.41. The van der Waals surface area contributed by atoms with Gasteiger partial charge in [0.05, 0.1) is 12.1 Å². The minimum atomic E-state index is -0.0658. The van der Waals surface area contributed by atoms with Gasteiger partial charge in [0.15, 0.2) is 0 Å². The van der Waals surface area contributed by atoms with Crippen LogP contribution in [0.5, 0.6) is 0 Å². The summed E-state index contributed by atoms with van der Waals surface area (Å²) < 4.78 is 8.98. The highest BCUT2D eigenvalue weighted by Crippen LogP contribution is 2.19. The summed E-state index contributed by atoms with van der Waals surface area (Å²) in [6, 6.07) is 1.90. The number of fused-ring (bicyclic) bond motifs is 3. The second-order valence-corrected chi connectivity index (χ2v) is 6.36. The topological polar surface area (TPSA) is 90.5 Å². The van der Waals surface area contributed by atoms with E-state index in [1.807, 2.05) is 15.8 Å². The van der Waals surface area contributed by atoms with Gasteiger partial charge in [-0.05, 0) is 17.9 Å². The van der Waals surface area contributed by atoms with Crippen LogP contribution in [0.25, 0.3) is 16.0 Å². The quantitative estimate of drug-likeness (QED) is 0.635. The van der Waals surface area contributed by atoms with Crippen molar-refractivity contribution in [1.29, 1.82) is 0 Å². The molecule has 9 heteroatoms. The predicted octanol–water partition coefficient (Wildman–Crippen LogP) is 0.728. The summed E-state index contributed by atoms with van der Waals surface area (Å²) in [5, 5.41) is 13.0. The SMILES string of the molecule is COCCNC(=O)CCCc1nnc2n(C)c(=O)c3sccc3n12. The number of aromatic nitrogens is 4. The largest absolute Gasteiger partial charge is 0.383 e. The Hall–Kier alpha value is -2.26. The van der Waals surface area contributed by atoms with Crippen molar-refractivity contribution < 1.29 is 9.53 Å². The van der Waals surface area contributed by atoms with Crippen LogP contribution in [0.4, 0.5) is 0 Å². The summed E-state index contributed by atoms with van der Waals surface area (Å²) in [6.45, 7) is 1.02. The Kier molecular flexibility index (Phi) is 4.91. The minimum Gasteiger partial charge on any atom is -0.383 e. The number of hydrogen-bond donors (Lipinski definition) is 1. The summed E-state index contributed by atoms with van der Waals surface area (Å²) in [4.78, 5) is 24.0. The van der Waals surface area contributed by atoms with Gasteiger partial charge in [-0.1, -0.05) is 0 Å². The van der Waals surface area contributed by atoms with Gasteiger partial charge >= 0.3 is 0 Å². The molecule has 3 aromatic rings. The Labute approximate surface area is 142 Å². The van der Waals surface area contributed by atoms with Crippen LogP contribution in [-0.2, 0) is 23.0 Å². The van der Waals surface area contributed by atoms with E-state index in [2.05, 4.69) is 15.5 Å². The van der Waals surface area contributed by atoms with Gasteiger partial charge in [0, 0.05) is 33.5 Å². The number of amides is 1. The van der Waals surface area contributed by atoms with Crippen molar-refractivity contribution in [2.45, 2.75) is 19.3 Å². The average Bonchev–Trinajstić information content (AvgIpc) is 3.19. The first-order valence-corrected chi connectivity index (χ1v) is 8.57. The highest BCUT2D eigenvalue weighted by atomic mass is 32.1. The lowest BCUT2D eigenvalue weighted by atomic mass is 10.2. The molecule has 0 fully saturated rings. The minimum absolute atomic E-state index is 0.00560. The lowest BCUT2D eigenvalue weighted by Gasteiger charge is -2.06. The summed E-state index contributed by atoms with van der Waals surface area (Å²) in [5.41, 5.74) is 0.756. The van der Waals surface area contributed by atoms with Crippen LogP contribution in [0.15, 0.2) is 16.2 Å². The van der Waals surface area contributed by atoms with E-state index in [4.69, 9.17) is 4.74 Å². The van der Waals surface area contributed by atoms with E-state index >= 15 is 0 Å². The molecule has 3 heterocycles. The van der Waals surface area contributed by atoms with Crippen LogP contribution in [0.1, 0.15) is 18.7 Å². The Morgan fingerprint density at radius 3 is 3.04 bits per heavy atom. The van der Waals surface area contributed by atoms with Gasteiger partial charge in [-0.2, -0.15) is 0 Å². The average molecular weight is 349 g/mol. The number of carbonyl (C=O) groups is 1. The molecule has 0 bridgehead atoms. The molecule has 0 aliphatic carbocycles. The van der Waals surface area contributed by atoms with E-state index in [-0.39, 0.29) is 11.5 Å². The van der Waals surface area contributed by atoms with Crippen molar-refractivity contribution in [3.8, 4) is 0 Å². The zero-order valence-corrected chi connectivity index (χ0v) is 14.4. The van der Waals surface area contributed by atoms with Crippen LogP contribution >= 0.6 is 11.3 Å². The van der Waals surface area contributed by atoms with Crippen LogP contribution < -0.4 is 10.9 Å². The molecule has 3 aromatic heterocycles. The van der Waals surface area contributed by atoms with Crippen molar-refractivity contribution >= 4 is 33.2 Å². The number of aryl methyl sites for hydroxylation is 2. The third kappa shape index (κ3) is 3.04. The van der Waals surface area contributed by atoms with Gasteiger partial charge in [-0.25, -0.2) is 0 Å². The lowest BCUT2D eigenvalue weighted by molar-refractivity contribution is -0.121. The van der Waals surface area contributed by atoms with Crippen molar-refractivity contribution in [3.05, 3.63) is 27.6 Å². The maximum Gasteiger partial charge on any atom is 0.272 e. The number of nitrogens with one attached hydrogen (secondary N) is 1. The van der Waals surface area contributed by atoms with Gasteiger partial charge in [0.1, 0.15) is 10.5 Å². The Morgan fingerprint density at radius 2 is 2.25 bits per heavy atom. The molecular formula is C15H19N5O3S. The normalized spacial score (nSPS) is 11.4. The number of methoxy groups -OCH3 is 1. The molecular weight excluding hydrogens is 330 g/mol. The fourth-order valence-electron chi connectivity index (χ4n) is 2.60. The maximum absolute atomic E-state index is 12.3. The number of rotatable bonds is 7. The van der Waals surface area contributed by atoms with Crippen LogP contribution in [0.3, 0.4) is 0 Å². The molecule has 0 atom stereocenters. The second kappa shape index (κ2) is 7.10. The van der Waals surface area contributed by atoms with Gasteiger partial charge in [0.2, 0.25) is 11.7 Å². The molecule has 0 aliphatic rings. The van der Waals surface area contributed by atoms with E-state index in [9.17, 15) is 9.59 Å². The highest BCUT2D eigenvalue weighted by Gasteiger charge is 2.15. The van der Waals surface area contributed by atoms with Crippen molar-refractivity contribution in [2.24, 2.45) is 7.05 Å². The number of thiophene rings is 1. The molecule has 0 aliphatic heterocycles. The molecule has 0 aromatic carbocycles. The number of nitrogens with zero attached hydrogens (tertiary/aromatic N) is 4. The van der Waals surface area contributed by atoms with E-state index in [0.717, 1.165) is 11.3 Å². The summed E-state index contributed by atoms with van der Waals surface area (Å²) in [5.74, 6) is 1.27. The Balaban J connectivity index is 1.77. The molecule has 1 amide bonds. The molecule has 0 saturated heterocycles. The first-order valence-electron chi connectivity index (χ1n) is 7.69. The molecule has 24 heavy (non-hydrogen) atoms. The van der Waals surface area contributed by atoms with Crippen molar-refractivity contribution in [2.75, 3.05) is 20.3 Å². The molecule has 0 spiro atoms. The van der Waals surface area contributed by atoms with E-state index < -0.39 is 0 Å². The first-order chi connectivity index (χ1) is 11.6. The first kappa shape index (κ1) is 16.6. The van der Waals surface area contributed by atoms with Crippen molar-refractivity contribution in [3.63, 3.8) is 0 Å². The van der Waals surface area contributed by atoms with Gasteiger partial charge in [-0.3, -0.25) is 18.6 Å². The lowest BCUT2D eigenvalue weighted by Crippen LogP contribution is -2.26. The number of hydrogen-bond acceptors (Lipinski definition) is 6. The molecule has 1 N–H and O–H groups in total. The second-order valence-electron chi connectivity index (χ2n) is 5.45. The van der Waals surface area contributed by atoms with E-state index in [1.165, 1.54) is 15.9 Å². The summed E-state index contributed by atoms with van der Waals surface area (Å²) in [7, 11) is 3.29. The fraction of sp³-hybridized carbons (Fsp3) is 0.467. The maximum atomic E-state index is 12.3. The highest BCUT2D eigenvalue weighted by molar-refractivity contribution is 7.17. The number of ether oxygens (including phenoxy) is 1. The van der Waals surface area contributed by atoms with Crippen LogP contribution in [0, 0.1) is 0 Å². The molecule has 8 nitrogen and oxygen atoms in total. The fourth-order valence-corrected chi connectivity index (χ4v) is 3.45. The van der Waals surface area contributed by atoms with Crippen LogP contribution in [-0.4, -0.2) is 45.3 Å². The van der Waals surface area contributed by atoms with E-state index in [0.29, 0.717) is 42.9 Å². The Bertz CT molecular complexity index is 926. The molecule has 0 saturated carbocycles. The smallest absolute Gasteiger partial charge is 0.272 e. The van der Waals surface area contributed by atoms with E-state index in [1.54, 1.807) is 14.2 Å². The third-order valence-electron chi connectivity index (χ3n) is 3.83. The molecule has 0 unspecified atom stereocenters. The molecule has 128 valence electrons. The van der Waals surface area contributed by atoms with Crippen molar-refractivity contribution in [1.82, 2.24) is 24.5 Å².